The number of rotatable bonds is 1. The molecule has 5 heteroatoms. The molecule has 2 N–H and O–H groups in total. The number of carbonyl (C=O) groups is 2. The molecule has 0 fully saturated rings. The van der Waals surface area contributed by atoms with Crippen molar-refractivity contribution in [2.75, 3.05) is 10.6 Å². The predicted molar refractivity (Wildman–Crippen MR) is 77.9 cm³/mol. The third kappa shape index (κ3) is 1.81. The fraction of sp³-hybridized carbons (Fsp3) is 0.125. The maximum absolute atomic E-state index is 13.2. The van der Waals surface area contributed by atoms with Crippen LogP contribution >= 0.6 is 0 Å². The van der Waals surface area contributed by atoms with Gasteiger partial charge in [-0.25, -0.2) is 9.29 Å². The Morgan fingerprint density at radius 1 is 0.952 bits per heavy atom. The zero-order valence-corrected chi connectivity index (χ0v) is 11.6. The van der Waals surface area contributed by atoms with Crippen molar-refractivity contribution < 1.29 is 14.0 Å². The lowest BCUT2D eigenvalue weighted by Crippen LogP contribution is -2.30. The van der Waals surface area contributed by atoms with E-state index in [9.17, 15) is 14.0 Å². The molecular formula is C16H13FN2O2. The van der Waals surface area contributed by atoms with E-state index in [0.717, 1.165) is 22.1 Å². The summed E-state index contributed by atoms with van der Waals surface area (Å²) in [6.07, 6.45) is 0. The highest BCUT2D eigenvalue weighted by atomic mass is 19.1. The average molecular weight is 284 g/mol. The standard InChI is InChI=1S/C16H13FN2O2/c1-8-3-4-9(2)14-13(8)15(20)19(16(14)21)12-6-5-10(17)7-11(12)18/h3-7H,18H2,1-2H3. The largest absolute Gasteiger partial charge is 0.397 e. The zero-order valence-electron chi connectivity index (χ0n) is 11.6. The van der Waals surface area contributed by atoms with Crippen molar-refractivity contribution in [3.8, 4) is 0 Å². The molecule has 2 aromatic carbocycles. The lowest BCUT2D eigenvalue weighted by Gasteiger charge is -2.16. The predicted octanol–water partition coefficient (Wildman–Crippen LogP) is 2.83. The molecule has 0 bridgehead atoms. The summed E-state index contributed by atoms with van der Waals surface area (Å²) in [6, 6.07) is 7.22. The van der Waals surface area contributed by atoms with Gasteiger partial charge in [0.25, 0.3) is 11.8 Å². The Kier molecular flexibility index (Phi) is 2.79. The Labute approximate surface area is 121 Å². The van der Waals surface area contributed by atoms with Crippen LogP contribution in [-0.4, -0.2) is 11.8 Å². The summed E-state index contributed by atoms with van der Waals surface area (Å²) in [5.74, 6) is -1.36. The van der Waals surface area contributed by atoms with E-state index < -0.39 is 17.6 Å². The van der Waals surface area contributed by atoms with Gasteiger partial charge in [-0.1, -0.05) is 12.1 Å². The Morgan fingerprint density at radius 3 is 1.95 bits per heavy atom. The van der Waals surface area contributed by atoms with Gasteiger partial charge in [0.2, 0.25) is 0 Å². The number of nitrogens with two attached hydrogens (primary N) is 1. The molecule has 4 nitrogen and oxygen atoms in total. The smallest absolute Gasteiger partial charge is 0.266 e. The lowest BCUT2D eigenvalue weighted by molar-refractivity contribution is 0.0926. The van der Waals surface area contributed by atoms with Crippen molar-refractivity contribution in [2.45, 2.75) is 13.8 Å². The van der Waals surface area contributed by atoms with Crippen molar-refractivity contribution in [3.63, 3.8) is 0 Å². The second kappa shape index (κ2) is 4.41. The van der Waals surface area contributed by atoms with Crippen molar-refractivity contribution >= 4 is 23.2 Å². The summed E-state index contributed by atoms with van der Waals surface area (Å²) in [6.45, 7) is 3.56. The number of carbonyl (C=O) groups excluding carboxylic acids is 2. The molecule has 106 valence electrons. The van der Waals surface area contributed by atoms with E-state index in [1.165, 1.54) is 12.1 Å². The second-order valence-electron chi connectivity index (χ2n) is 5.10. The molecule has 3 rings (SSSR count). The number of imide groups is 1. The van der Waals surface area contributed by atoms with Gasteiger partial charge in [0.1, 0.15) is 5.82 Å². The molecule has 0 saturated carbocycles. The molecular weight excluding hydrogens is 271 g/mol. The van der Waals surface area contributed by atoms with Crippen LogP contribution in [0, 0.1) is 19.7 Å². The van der Waals surface area contributed by atoms with Crippen LogP contribution in [0.25, 0.3) is 0 Å². The minimum absolute atomic E-state index is 0.0554. The van der Waals surface area contributed by atoms with Crippen LogP contribution in [-0.2, 0) is 0 Å². The van der Waals surface area contributed by atoms with Gasteiger partial charge in [-0.2, -0.15) is 0 Å². The molecule has 0 unspecified atom stereocenters. The summed E-state index contributed by atoms with van der Waals surface area (Å²) in [5.41, 5.74) is 8.27. The Bertz CT molecular complexity index is 758. The van der Waals surface area contributed by atoms with Gasteiger partial charge in [0.05, 0.1) is 22.5 Å². The number of amides is 2. The molecule has 0 saturated heterocycles. The summed E-state index contributed by atoms with van der Waals surface area (Å²) in [7, 11) is 0. The maximum Gasteiger partial charge on any atom is 0.266 e. The van der Waals surface area contributed by atoms with Gasteiger partial charge in [0, 0.05) is 0 Å². The molecule has 0 radical (unpaired) electrons. The van der Waals surface area contributed by atoms with Gasteiger partial charge < -0.3 is 5.73 Å². The number of anilines is 2. The van der Waals surface area contributed by atoms with E-state index in [0.29, 0.717) is 11.1 Å². The second-order valence-corrected chi connectivity index (χ2v) is 5.10. The molecule has 1 heterocycles. The molecule has 0 atom stereocenters. The highest BCUT2D eigenvalue weighted by molar-refractivity contribution is 6.36. The summed E-state index contributed by atoms with van der Waals surface area (Å²) < 4.78 is 13.2. The van der Waals surface area contributed by atoms with Crippen LogP contribution in [0.5, 0.6) is 0 Å². The number of fused-ring (bicyclic) bond motifs is 1. The minimum Gasteiger partial charge on any atom is -0.397 e. The van der Waals surface area contributed by atoms with Crippen LogP contribution < -0.4 is 10.6 Å². The molecule has 0 aliphatic carbocycles. The van der Waals surface area contributed by atoms with Crippen LogP contribution in [0.2, 0.25) is 0 Å². The first-order chi connectivity index (χ1) is 9.91. The maximum atomic E-state index is 13.2. The number of halogens is 1. The Morgan fingerprint density at radius 2 is 1.48 bits per heavy atom. The zero-order chi connectivity index (χ0) is 15.3. The first-order valence-electron chi connectivity index (χ1n) is 6.46. The van der Waals surface area contributed by atoms with E-state index in [4.69, 9.17) is 5.73 Å². The fourth-order valence-electron chi connectivity index (χ4n) is 2.63. The van der Waals surface area contributed by atoms with Crippen LogP contribution in [0.1, 0.15) is 31.8 Å². The van der Waals surface area contributed by atoms with Crippen LogP contribution in [0.4, 0.5) is 15.8 Å². The van der Waals surface area contributed by atoms with Crippen LogP contribution in [0.15, 0.2) is 30.3 Å². The topological polar surface area (TPSA) is 63.4 Å². The van der Waals surface area contributed by atoms with Gasteiger partial charge in [-0.15, -0.1) is 0 Å². The number of benzene rings is 2. The van der Waals surface area contributed by atoms with Gasteiger partial charge in [-0.3, -0.25) is 9.59 Å². The molecule has 2 amide bonds. The normalized spacial score (nSPS) is 13.8. The van der Waals surface area contributed by atoms with Crippen LogP contribution in [0.3, 0.4) is 0 Å². The molecule has 21 heavy (non-hydrogen) atoms. The van der Waals surface area contributed by atoms with Gasteiger partial charge in [-0.05, 0) is 43.2 Å². The Hall–Kier alpha value is -2.69. The van der Waals surface area contributed by atoms with E-state index in [2.05, 4.69) is 0 Å². The number of nitrogens with zero attached hydrogens (tertiary/aromatic N) is 1. The third-order valence-corrected chi connectivity index (χ3v) is 3.69. The summed E-state index contributed by atoms with van der Waals surface area (Å²) >= 11 is 0. The summed E-state index contributed by atoms with van der Waals surface area (Å²) in [5, 5.41) is 0. The molecule has 1 aliphatic rings. The fourth-order valence-corrected chi connectivity index (χ4v) is 2.63. The summed E-state index contributed by atoms with van der Waals surface area (Å²) in [4.78, 5) is 26.2. The average Bonchev–Trinajstić information content (AvgIpc) is 2.68. The molecule has 0 spiro atoms. The first-order valence-corrected chi connectivity index (χ1v) is 6.46. The van der Waals surface area contributed by atoms with Crippen molar-refractivity contribution in [1.82, 2.24) is 0 Å². The number of hydrogen-bond donors (Lipinski definition) is 1. The minimum atomic E-state index is -0.514. The van der Waals surface area contributed by atoms with Crippen molar-refractivity contribution in [1.29, 1.82) is 0 Å². The first kappa shape index (κ1) is 13.3. The highest BCUT2D eigenvalue weighted by Gasteiger charge is 2.39. The SMILES string of the molecule is Cc1ccc(C)c2c1C(=O)N(c1ccc(F)cc1N)C2=O. The quantitative estimate of drug-likeness (QED) is 0.647. The molecule has 2 aromatic rings. The lowest BCUT2D eigenvalue weighted by atomic mass is 9.99. The molecule has 0 aromatic heterocycles. The van der Waals surface area contributed by atoms with Crippen molar-refractivity contribution in [3.05, 3.63) is 58.4 Å². The number of hydrogen-bond acceptors (Lipinski definition) is 3. The number of aryl methyl sites for hydroxylation is 2. The monoisotopic (exact) mass is 284 g/mol. The van der Waals surface area contributed by atoms with Gasteiger partial charge in [0.15, 0.2) is 0 Å². The Balaban J connectivity index is 2.21. The third-order valence-electron chi connectivity index (χ3n) is 3.69. The van der Waals surface area contributed by atoms with E-state index in [1.807, 2.05) is 0 Å². The number of nitrogen functional groups attached to an aromatic ring is 1. The van der Waals surface area contributed by atoms with E-state index >= 15 is 0 Å². The van der Waals surface area contributed by atoms with E-state index in [1.54, 1.807) is 26.0 Å². The molecule has 1 aliphatic heterocycles. The highest BCUT2D eigenvalue weighted by Crippen LogP contribution is 2.35. The van der Waals surface area contributed by atoms with Crippen molar-refractivity contribution in [2.24, 2.45) is 0 Å². The van der Waals surface area contributed by atoms with E-state index in [-0.39, 0.29) is 11.4 Å². The van der Waals surface area contributed by atoms with Gasteiger partial charge >= 0.3 is 0 Å².